The molecule has 0 radical (unpaired) electrons. The van der Waals surface area contributed by atoms with Crippen LogP contribution in [0.15, 0.2) is 53.4 Å². The third kappa shape index (κ3) is 4.84. The van der Waals surface area contributed by atoms with E-state index in [9.17, 15) is 17.6 Å². The quantitative estimate of drug-likeness (QED) is 0.611. The maximum atomic E-state index is 14.0. The number of hydrogen-bond acceptors (Lipinski definition) is 4. The molecule has 4 rings (SSSR count). The highest BCUT2D eigenvalue weighted by molar-refractivity contribution is 7.89. The lowest BCUT2D eigenvalue weighted by molar-refractivity contribution is -0.120. The Labute approximate surface area is 193 Å². The molecule has 0 bridgehead atoms. The van der Waals surface area contributed by atoms with Crippen molar-refractivity contribution in [1.82, 2.24) is 14.1 Å². The van der Waals surface area contributed by atoms with Gasteiger partial charge in [-0.2, -0.15) is 9.40 Å². The van der Waals surface area contributed by atoms with Crippen molar-refractivity contribution >= 4 is 21.7 Å². The van der Waals surface area contributed by atoms with Crippen LogP contribution < -0.4 is 5.32 Å². The predicted octanol–water partition coefficient (Wildman–Crippen LogP) is 3.98. The largest absolute Gasteiger partial charge is 0.310 e. The van der Waals surface area contributed by atoms with E-state index in [1.165, 1.54) is 22.5 Å². The second-order valence-electron chi connectivity index (χ2n) is 8.53. The van der Waals surface area contributed by atoms with E-state index in [4.69, 9.17) is 0 Å². The van der Waals surface area contributed by atoms with E-state index >= 15 is 0 Å². The van der Waals surface area contributed by atoms with E-state index in [1.807, 2.05) is 39.0 Å². The van der Waals surface area contributed by atoms with Crippen LogP contribution in [0.3, 0.4) is 0 Å². The highest BCUT2D eigenvalue weighted by Gasteiger charge is 2.33. The minimum Gasteiger partial charge on any atom is -0.310 e. The molecule has 1 amide bonds. The van der Waals surface area contributed by atoms with Gasteiger partial charge in [0.1, 0.15) is 16.5 Å². The number of anilines is 1. The number of carbonyl (C=O) groups is 1. The number of piperidine rings is 1. The summed E-state index contributed by atoms with van der Waals surface area (Å²) in [5.74, 6) is -0.722. The van der Waals surface area contributed by atoms with Gasteiger partial charge in [-0.3, -0.25) is 4.79 Å². The van der Waals surface area contributed by atoms with Gasteiger partial charge >= 0.3 is 0 Å². The predicted molar refractivity (Wildman–Crippen MR) is 124 cm³/mol. The molecule has 3 aromatic rings. The fraction of sp³-hybridized carbons (Fsp3) is 0.333. The summed E-state index contributed by atoms with van der Waals surface area (Å²) in [6, 6.07) is 13.2. The van der Waals surface area contributed by atoms with Crippen LogP contribution in [0.25, 0.3) is 5.69 Å². The maximum absolute atomic E-state index is 14.0. The van der Waals surface area contributed by atoms with Gasteiger partial charge in [-0.1, -0.05) is 18.2 Å². The number of sulfonamides is 1. The molecule has 1 aliphatic rings. The Morgan fingerprint density at radius 1 is 1.03 bits per heavy atom. The average molecular weight is 471 g/mol. The molecule has 1 aliphatic heterocycles. The first-order chi connectivity index (χ1) is 15.6. The van der Waals surface area contributed by atoms with Crippen molar-refractivity contribution in [2.45, 2.75) is 38.5 Å². The Morgan fingerprint density at radius 2 is 1.67 bits per heavy atom. The molecule has 1 fully saturated rings. The summed E-state index contributed by atoms with van der Waals surface area (Å²) >= 11 is 0. The van der Waals surface area contributed by atoms with E-state index in [0.29, 0.717) is 18.7 Å². The summed E-state index contributed by atoms with van der Waals surface area (Å²) in [5, 5.41) is 7.49. The van der Waals surface area contributed by atoms with Gasteiger partial charge in [0.05, 0.1) is 11.4 Å². The van der Waals surface area contributed by atoms with Crippen molar-refractivity contribution in [3.63, 3.8) is 0 Å². The Kier molecular flexibility index (Phi) is 6.36. The third-order valence-corrected chi connectivity index (χ3v) is 7.74. The molecule has 1 aromatic heterocycles. The van der Waals surface area contributed by atoms with Gasteiger partial charge in [-0.05, 0) is 69.0 Å². The SMILES string of the molecule is Cc1cc(C)cc(-n2nc(C)cc2NC(=O)C2CCN(S(=O)(=O)c3ccccc3F)CC2)c1. The number of hydrogen-bond donors (Lipinski definition) is 1. The lowest BCUT2D eigenvalue weighted by Crippen LogP contribution is -2.41. The Bertz CT molecular complexity index is 1270. The first-order valence-corrected chi connectivity index (χ1v) is 12.3. The highest BCUT2D eigenvalue weighted by atomic mass is 32.2. The molecule has 7 nitrogen and oxygen atoms in total. The van der Waals surface area contributed by atoms with Crippen molar-refractivity contribution in [2.75, 3.05) is 18.4 Å². The molecule has 0 aliphatic carbocycles. The molecule has 1 N–H and O–H groups in total. The van der Waals surface area contributed by atoms with Gasteiger partial charge in [0.15, 0.2) is 0 Å². The number of carbonyl (C=O) groups excluding carboxylic acids is 1. The molecule has 0 atom stereocenters. The first-order valence-electron chi connectivity index (χ1n) is 10.9. The monoisotopic (exact) mass is 470 g/mol. The first kappa shape index (κ1) is 23.1. The lowest BCUT2D eigenvalue weighted by Gasteiger charge is -2.30. The van der Waals surface area contributed by atoms with Crippen molar-refractivity contribution < 1.29 is 17.6 Å². The van der Waals surface area contributed by atoms with Crippen LogP contribution in [-0.4, -0.2) is 41.5 Å². The Morgan fingerprint density at radius 3 is 2.30 bits per heavy atom. The molecule has 174 valence electrons. The number of nitrogens with one attached hydrogen (secondary N) is 1. The minimum atomic E-state index is -3.94. The van der Waals surface area contributed by atoms with Gasteiger partial charge in [0, 0.05) is 25.1 Å². The van der Waals surface area contributed by atoms with Crippen molar-refractivity contribution in [1.29, 1.82) is 0 Å². The molecular weight excluding hydrogens is 443 g/mol. The van der Waals surface area contributed by atoms with E-state index in [0.717, 1.165) is 28.6 Å². The molecule has 2 heterocycles. The second-order valence-corrected chi connectivity index (χ2v) is 10.4. The Hall–Kier alpha value is -3.04. The number of benzene rings is 2. The third-order valence-electron chi connectivity index (χ3n) is 5.81. The van der Waals surface area contributed by atoms with E-state index in [-0.39, 0.29) is 29.8 Å². The molecule has 33 heavy (non-hydrogen) atoms. The van der Waals surface area contributed by atoms with Gasteiger partial charge in [0.2, 0.25) is 15.9 Å². The fourth-order valence-corrected chi connectivity index (χ4v) is 5.77. The number of aryl methyl sites for hydroxylation is 3. The molecule has 2 aromatic carbocycles. The zero-order valence-corrected chi connectivity index (χ0v) is 19.7. The van der Waals surface area contributed by atoms with Crippen LogP contribution in [0.1, 0.15) is 29.7 Å². The number of rotatable bonds is 5. The Balaban J connectivity index is 1.46. The zero-order valence-electron chi connectivity index (χ0n) is 18.9. The highest BCUT2D eigenvalue weighted by Crippen LogP contribution is 2.27. The van der Waals surface area contributed by atoms with Gasteiger partial charge in [-0.25, -0.2) is 17.5 Å². The maximum Gasteiger partial charge on any atom is 0.245 e. The van der Waals surface area contributed by atoms with Gasteiger partial charge in [0.25, 0.3) is 0 Å². The molecule has 9 heteroatoms. The molecule has 0 saturated carbocycles. The van der Waals surface area contributed by atoms with E-state index < -0.39 is 15.8 Å². The van der Waals surface area contributed by atoms with E-state index in [1.54, 1.807) is 4.68 Å². The van der Waals surface area contributed by atoms with Crippen LogP contribution in [0.4, 0.5) is 10.2 Å². The molecule has 0 unspecified atom stereocenters. The number of amides is 1. The van der Waals surface area contributed by atoms with Crippen LogP contribution in [0.2, 0.25) is 0 Å². The fourth-order valence-electron chi connectivity index (χ4n) is 4.24. The lowest BCUT2D eigenvalue weighted by atomic mass is 9.97. The smallest absolute Gasteiger partial charge is 0.245 e. The van der Waals surface area contributed by atoms with Crippen LogP contribution >= 0.6 is 0 Å². The zero-order chi connectivity index (χ0) is 23.8. The number of nitrogens with zero attached hydrogens (tertiary/aromatic N) is 3. The number of aromatic nitrogens is 2. The summed E-state index contributed by atoms with van der Waals surface area (Å²) in [6.07, 6.45) is 0.715. The van der Waals surface area contributed by atoms with Gasteiger partial charge < -0.3 is 5.32 Å². The molecule has 0 spiro atoms. The minimum absolute atomic E-state index is 0.157. The average Bonchev–Trinajstić information content (AvgIpc) is 3.13. The number of halogens is 1. The normalized spacial score (nSPS) is 15.5. The van der Waals surface area contributed by atoms with Crippen molar-refractivity contribution in [3.05, 3.63) is 71.2 Å². The standard InChI is InChI=1S/C24H27FN4O3S/c1-16-12-17(2)14-20(13-16)29-23(15-18(3)27-29)26-24(30)19-8-10-28(11-9-19)33(31,32)22-7-5-4-6-21(22)25/h4-7,12-15,19H,8-11H2,1-3H3,(H,26,30). The second kappa shape index (κ2) is 9.07. The van der Waals surface area contributed by atoms with Crippen LogP contribution in [0, 0.1) is 32.5 Å². The van der Waals surface area contributed by atoms with Crippen molar-refractivity contribution in [2.24, 2.45) is 5.92 Å². The summed E-state index contributed by atoms with van der Waals surface area (Å²) in [6.45, 7) is 6.19. The summed E-state index contributed by atoms with van der Waals surface area (Å²) in [7, 11) is -3.94. The summed E-state index contributed by atoms with van der Waals surface area (Å²) in [5.41, 5.74) is 3.83. The van der Waals surface area contributed by atoms with Crippen LogP contribution in [-0.2, 0) is 14.8 Å². The van der Waals surface area contributed by atoms with Crippen molar-refractivity contribution in [3.8, 4) is 5.69 Å². The topological polar surface area (TPSA) is 84.3 Å². The van der Waals surface area contributed by atoms with Gasteiger partial charge in [-0.15, -0.1) is 0 Å². The summed E-state index contributed by atoms with van der Waals surface area (Å²) < 4.78 is 42.6. The van der Waals surface area contributed by atoms with Crippen LogP contribution in [0.5, 0.6) is 0 Å². The summed E-state index contributed by atoms with van der Waals surface area (Å²) in [4.78, 5) is 12.7. The van der Waals surface area contributed by atoms with E-state index in [2.05, 4.69) is 16.5 Å². The molecular formula is C24H27FN4O3S. The molecule has 1 saturated heterocycles.